The zero-order valence-corrected chi connectivity index (χ0v) is 13.8. The van der Waals surface area contributed by atoms with Gasteiger partial charge in [0.15, 0.2) is 11.5 Å². The van der Waals surface area contributed by atoms with Crippen LogP contribution in [0.2, 0.25) is 0 Å². The number of methoxy groups -OCH3 is 1. The van der Waals surface area contributed by atoms with Gasteiger partial charge in [-0.15, -0.1) is 0 Å². The average molecular weight is 406 g/mol. The first-order chi connectivity index (χ1) is 9.86. The van der Waals surface area contributed by atoms with Gasteiger partial charge in [0.05, 0.1) is 16.4 Å². The Morgan fingerprint density at radius 3 is 2.57 bits per heavy atom. The topological polar surface area (TPSA) is 44.1 Å². The Kier molecular flexibility index (Phi) is 4.60. The van der Waals surface area contributed by atoms with Crippen LogP contribution in [0.15, 0.2) is 18.2 Å². The summed E-state index contributed by atoms with van der Waals surface area (Å²) in [6.45, 7) is 3.80. The van der Waals surface area contributed by atoms with E-state index in [1.807, 2.05) is 36.4 Å². The number of rotatable bonds is 3. The molecule has 0 unspecified atom stereocenters. The van der Waals surface area contributed by atoms with Crippen LogP contribution in [0.3, 0.4) is 0 Å². The van der Waals surface area contributed by atoms with Crippen molar-refractivity contribution in [3.63, 3.8) is 0 Å². The molecule has 2 aromatic rings. The molecule has 1 aromatic heterocycles. The largest absolute Gasteiger partial charge is 0.464 e. The molecule has 0 aliphatic heterocycles. The van der Waals surface area contributed by atoms with Crippen LogP contribution >= 0.6 is 22.6 Å². The Morgan fingerprint density at radius 2 is 2.05 bits per heavy atom. The van der Waals surface area contributed by atoms with Crippen molar-refractivity contribution in [2.24, 2.45) is 0 Å². The SMILES string of the molecule is COC(=O)c1nn(-c2ccc(F)cc2F)c(C(C)C)c1I. The van der Waals surface area contributed by atoms with E-state index in [-0.39, 0.29) is 17.3 Å². The first-order valence-corrected chi connectivity index (χ1v) is 7.26. The fourth-order valence-corrected chi connectivity index (χ4v) is 3.15. The fraction of sp³-hybridized carbons (Fsp3) is 0.286. The second kappa shape index (κ2) is 6.08. The van der Waals surface area contributed by atoms with Gasteiger partial charge in [0.25, 0.3) is 0 Å². The molecule has 0 aliphatic carbocycles. The van der Waals surface area contributed by atoms with Crippen LogP contribution < -0.4 is 0 Å². The van der Waals surface area contributed by atoms with Gasteiger partial charge in [0.1, 0.15) is 11.5 Å². The number of aromatic nitrogens is 2. The highest BCUT2D eigenvalue weighted by atomic mass is 127. The fourth-order valence-electron chi connectivity index (χ4n) is 1.97. The number of hydrogen-bond acceptors (Lipinski definition) is 3. The molecule has 4 nitrogen and oxygen atoms in total. The van der Waals surface area contributed by atoms with Gasteiger partial charge in [0.2, 0.25) is 0 Å². The Hall–Kier alpha value is -1.51. The Balaban J connectivity index is 2.70. The predicted molar refractivity (Wildman–Crippen MR) is 81.6 cm³/mol. The highest BCUT2D eigenvalue weighted by Gasteiger charge is 2.25. The molecule has 21 heavy (non-hydrogen) atoms. The van der Waals surface area contributed by atoms with Gasteiger partial charge in [-0.25, -0.2) is 18.3 Å². The molecule has 0 atom stereocenters. The maximum absolute atomic E-state index is 14.0. The summed E-state index contributed by atoms with van der Waals surface area (Å²) in [7, 11) is 1.25. The van der Waals surface area contributed by atoms with Crippen LogP contribution in [-0.4, -0.2) is 22.9 Å². The molecule has 0 radical (unpaired) electrons. The Morgan fingerprint density at radius 1 is 1.38 bits per heavy atom. The maximum atomic E-state index is 14.0. The lowest BCUT2D eigenvalue weighted by Gasteiger charge is -2.11. The van der Waals surface area contributed by atoms with E-state index in [2.05, 4.69) is 9.84 Å². The van der Waals surface area contributed by atoms with Gasteiger partial charge in [-0.2, -0.15) is 5.10 Å². The molecule has 0 N–H and O–H groups in total. The highest BCUT2D eigenvalue weighted by Crippen LogP contribution is 2.28. The quantitative estimate of drug-likeness (QED) is 0.578. The molecular weight excluding hydrogens is 393 g/mol. The molecule has 112 valence electrons. The zero-order chi connectivity index (χ0) is 15.7. The summed E-state index contributed by atoms with van der Waals surface area (Å²) in [5, 5.41) is 4.13. The van der Waals surface area contributed by atoms with Crippen LogP contribution in [0.1, 0.15) is 35.9 Å². The van der Waals surface area contributed by atoms with E-state index in [0.29, 0.717) is 9.26 Å². The lowest BCUT2D eigenvalue weighted by Crippen LogP contribution is -2.07. The molecule has 0 aliphatic rings. The summed E-state index contributed by atoms with van der Waals surface area (Å²) < 4.78 is 33.6. The van der Waals surface area contributed by atoms with Crippen molar-refractivity contribution in [1.82, 2.24) is 9.78 Å². The van der Waals surface area contributed by atoms with Gasteiger partial charge in [-0.05, 0) is 40.6 Å². The molecule has 0 saturated heterocycles. The van der Waals surface area contributed by atoms with E-state index in [4.69, 9.17) is 0 Å². The van der Waals surface area contributed by atoms with E-state index >= 15 is 0 Å². The minimum absolute atomic E-state index is 0.00717. The van der Waals surface area contributed by atoms with Crippen molar-refractivity contribution in [3.05, 3.63) is 44.8 Å². The van der Waals surface area contributed by atoms with Gasteiger partial charge in [-0.3, -0.25) is 0 Å². The molecule has 0 amide bonds. The summed E-state index contributed by atoms with van der Waals surface area (Å²) in [6.07, 6.45) is 0. The predicted octanol–water partition coefficient (Wildman–Crippen LogP) is 3.67. The summed E-state index contributed by atoms with van der Waals surface area (Å²) in [4.78, 5) is 11.7. The third-order valence-electron chi connectivity index (χ3n) is 2.92. The highest BCUT2D eigenvalue weighted by molar-refractivity contribution is 14.1. The second-order valence-corrected chi connectivity index (χ2v) is 5.78. The summed E-state index contributed by atoms with van der Waals surface area (Å²) in [5.41, 5.74) is 0.875. The summed E-state index contributed by atoms with van der Waals surface area (Å²) in [6, 6.07) is 3.22. The number of carbonyl (C=O) groups excluding carboxylic acids is 1. The zero-order valence-electron chi connectivity index (χ0n) is 11.7. The summed E-state index contributed by atoms with van der Waals surface area (Å²) in [5.74, 6) is -2.01. The van der Waals surface area contributed by atoms with Crippen molar-refractivity contribution >= 4 is 28.6 Å². The van der Waals surface area contributed by atoms with Crippen LogP contribution in [0.25, 0.3) is 5.69 Å². The van der Waals surface area contributed by atoms with Crippen molar-refractivity contribution < 1.29 is 18.3 Å². The van der Waals surface area contributed by atoms with Crippen LogP contribution in [0, 0.1) is 15.2 Å². The van der Waals surface area contributed by atoms with Gasteiger partial charge < -0.3 is 4.74 Å². The molecule has 0 bridgehead atoms. The minimum atomic E-state index is -0.743. The van der Waals surface area contributed by atoms with Crippen molar-refractivity contribution in [3.8, 4) is 5.69 Å². The van der Waals surface area contributed by atoms with E-state index in [0.717, 1.165) is 12.1 Å². The molecule has 1 aromatic carbocycles. The monoisotopic (exact) mass is 406 g/mol. The number of hydrogen-bond donors (Lipinski definition) is 0. The van der Waals surface area contributed by atoms with E-state index < -0.39 is 17.6 Å². The van der Waals surface area contributed by atoms with Crippen molar-refractivity contribution in [2.75, 3.05) is 7.11 Å². The minimum Gasteiger partial charge on any atom is -0.464 e. The number of ether oxygens (including phenoxy) is 1. The van der Waals surface area contributed by atoms with Crippen LogP contribution in [-0.2, 0) is 4.74 Å². The third kappa shape index (κ3) is 2.92. The molecular formula is C14H13F2IN2O2. The first kappa shape index (κ1) is 15.9. The number of esters is 1. The molecule has 2 rings (SSSR count). The van der Waals surface area contributed by atoms with Crippen LogP contribution in [0.4, 0.5) is 8.78 Å². The summed E-state index contributed by atoms with van der Waals surface area (Å²) >= 11 is 1.98. The molecule has 1 heterocycles. The Bertz CT molecular complexity index is 699. The maximum Gasteiger partial charge on any atom is 0.359 e. The van der Waals surface area contributed by atoms with Gasteiger partial charge in [-0.1, -0.05) is 13.8 Å². The van der Waals surface area contributed by atoms with E-state index in [9.17, 15) is 13.6 Å². The normalized spacial score (nSPS) is 11.0. The first-order valence-electron chi connectivity index (χ1n) is 6.19. The number of nitrogens with zero attached hydrogens (tertiary/aromatic N) is 2. The smallest absolute Gasteiger partial charge is 0.359 e. The van der Waals surface area contributed by atoms with Gasteiger partial charge in [0, 0.05) is 6.07 Å². The molecule has 0 spiro atoms. The van der Waals surface area contributed by atoms with E-state index in [1.54, 1.807) is 0 Å². The standard InChI is InChI=1S/C14H13F2IN2O2/c1-7(2)13-11(17)12(14(20)21-3)18-19(13)10-5-4-8(15)6-9(10)16/h4-7H,1-3H3. The van der Waals surface area contributed by atoms with Crippen LogP contribution in [0.5, 0.6) is 0 Å². The molecule has 0 fully saturated rings. The lowest BCUT2D eigenvalue weighted by molar-refractivity contribution is 0.0592. The number of halogens is 3. The Labute approximate surface area is 134 Å². The molecule has 0 saturated carbocycles. The molecule has 7 heteroatoms. The van der Waals surface area contributed by atoms with Gasteiger partial charge >= 0.3 is 5.97 Å². The lowest BCUT2D eigenvalue weighted by atomic mass is 10.1. The second-order valence-electron chi connectivity index (χ2n) is 4.70. The number of benzene rings is 1. The average Bonchev–Trinajstić information content (AvgIpc) is 2.75. The van der Waals surface area contributed by atoms with Crippen molar-refractivity contribution in [1.29, 1.82) is 0 Å². The van der Waals surface area contributed by atoms with Crippen molar-refractivity contribution in [2.45, 2.75) is 19.8 Å². The third-order valence-corrected chi connectivity index (χ3v) is 3.99. The van der Waals surface area contributed by atoms with E-state index in [1.165, 1.54) is 17.9 Å². The number of carbonyl (C=O) groups is 1.